The van der Waals surface area contributed by atoms with Crippen molar-refractivity contribution in [1.29, 1.82) is 0 Å². The SMILES string of the molecule is CCCCn1c(SCC(=O)Nc2ccccc2Cl)nnc1-c1ccc(O)cc1. The Balaban J connectivity index is 1.73. The molecule has 0 unspecified atom stereocenters. The monoisotopic (exact) mass is 416 g/mol. The molecule has 1 aromatic heterocycles. The molecular formula is C20H21ClN4O2S. The lowest BCUT2D eigenvalue weighted by Gasteiger charge is -2.10. The summed E-state index contributed by atoms with van der Waals surface area (Å²) in [6, 6.07) is 14.0. The summed E-state index contributed by atoms with van der Waals surface area (Å²) in [4.78, 5) is 12.3. The number of carbonyl (C=O) groups excluding carboxylic acids is 1. The molecule has 6 nitrogen and oxygen atoms in total. The zero-order valence-corrected chi connectivity index (χ0v) is 17.0. The van der Waals surface area contributed by atoms with Gasteiger partial charge in [0.05, 0.1) is 16.5 Å². The van der Waals surface area contributed by atoms with Gasteiger partial charge in [0.15, 0.2) is 11.0 Å². The predicted molar refractivity (Wildman–Crippen MR) is 113 cm³/mol. The molecule has 28 heavy (non-hydrogen) atoms. The number of carbonyl (C=O) groups is 1. The van der Waals surface area contributed by atoms with Crippen LogP contribution in [0.4, 0.5) is 5.69 Å². The van der Waals surface area contributed by atoms with Crippen molar-refractivity contribution in [2.75, 3.05) is 11.1 Å². The first kappa shape index (κ1) is 20.2. The van der Waals surface area contributed by atoms with Crippen molar-refractivity contribution in [3.05, 3.63) is 53.6 Å². The van der Waals surface area contributed by atoms with Gasteiger partial charge in [-0.1, -0.05) is 48.8 Å². The second-order valence-electron chi connectivity index (χ2n) is 6.17. The summed E-state index contributed by atoms with van der Waals surface area (Å²) in [6.07, 6.45) is 2.01. The molecule has 0 spiro atoms. The largest absolute Gasteiger partial charge is 0.508 e. The van der Waals surface area contributed by atoms with Gasteiger partial charge < -0.3 is 15.0 Å². The number of nitrogens with zero attached hydrogens (tertiary/aromatic N) is 3. The van der Waals surface area contributed by atoms with E-state index in [0.29, 0.717) is 15.9 Å². The summed E-state index contributed by atoms with van der Waals surface area (Å²) in [5.74, 6) is 0.969. The number of halogens is 1. The van der Waals surface area contributed by atoms with Gasteiger partial charge in [-0.2, -0.15) is 0 Å². The molecule has 0 aliphatic heterocycles. The van der Waals surface area contributed by atoms with Crippen LogP contribution in [-0.2, 0) is 11.3 Å². The minimum absolute atomic E-state index is 0.158. The minimum Gasteiger partial charge on any atom is -0.508 e. The molecular weight excluding hydrogens is 396 g/mol. The highest BCUT2D eigenvalue weighted by Gasteiger charge is 2.16. The Morgan fingerprint density at radius 1 is 1.18 bits per heavy atom. The van der Waals surface area contributed by atoms with Crippen molar-refractivity contribution < 1.29 is 9.90 Å². The number of aromatic hydroxyl groups is 1. The molecule has 146 valence electrons. The van der Waals surface area contributed by atoms with Gasteiger partial charge in [-0.15, -0.1) is 10.2 Å². The number of amides is 1. The number of nitrogens with one attached hydrogen (secondary N) is 1. The van der Waals surface area contributed by atoms with Crippen molar-refractivity contribution in [2.24, 2.45) is 0 Å². The van der Waals surface area contributed by atoms with Crippen LogP contribution < -0.4 is 5.32 Å². The summed E-state index contributed by atoms with van der Waals surface area (Å²) in [7, 11) is 0. The summed E-state index contributed by atoms with van der Waals surface area (Å²) in [5, 5.41) is 22.1. The van der Waals surface area contributed by atoms with Crippen LogP contribution in [0.25, 0.3) is 11.4 Å². The third-order valence-corrected chi connectivity index (χ3v) is 5.35. The van der Waals surface area contributed by atoms with Crippen molar-refractivity contribution in [3.63, 3.8) is 0 Å². The number of anilines is 1. The number of phenols is 1. The number of aromatic nitrogens is 3. The second kappa shape index (κ2) is 9.61. The van der Waals surface area contributed by atoms with E-state index < -0.39 is 0 Å². The van der Waals surface area contributed by atoms with Crippen molar-refractivity contribution in [1.82, 2.24) is 14.8 Å². The Kier molecular flexibility index (Phi) is 6.95. The van der Waals surface area contributed by atoms with E-state index in [1.807, 2.05) is 16.7 Å². The number of para-hydroxylation sites is 1. The average molecular weight is 417 g/mol. The third-order valence-electron chi connectivity index (χ3n) is 4.06. The minimum atomic E-state index is -0.158. The standard InChI is InChI=1S/C20H21ClN4O2S/c1-2-3-12-25-19(14-8-10-15(26)11-9-14)23-24-20(25)28-13-18(27)22-17-7-5-4-6-16(17)21/h4-11,26H,2-3,12-13H2,1H3,(H,22,27). The van der Waals surface area contributed by atoms with Gasteiger partial charge >= 0.3 is 0 Å². The van der Waals surface area contributed by atoms with E-state index in [1.165, 1.54) is 11.8 Å². The van der Waals surface area contributed by atoms with Crippen LogP contribution in [0, 0.1) is 0 Å². The lowest BCUT2D eigenvalue weighted by Crippen LogP contribution is -2.15. The molecule has 3 aromatic rings. The highest BCUT2D eigenvalue weighted by atomic mass is 35.5. The maximum Gasteiger partial charge on any atom is 0.234 e. The van der Waals surface area contributed by atoms with Crippen molar-refractivity contribution in [2.45, 2.75) is 31.5 Å². The van der Waals surface area contributed by atoms with Crippen molar-refractivity contribution >= 4 is 35.0 Å². The molecule has 0 aliphatic rings. The molecule has 0 fully saturated rings. The molecule has 1 amide bonds. The van der Waals surface area contributed by atoms with Gasteiger partial charge in [-0.25, -0.2) is 0 Å². The molecule has 0 bridgehead atoms. The van der Waals surface area contributed by atoms with E-state index in [1.54, 1.807) is 36.4 Å². The summed E-state index contributed by atoms with van der Waals surface area (Å²) in [5.41, 5.74) is 1.46. The first-order chi connectivity index (χ1) is 13.6. The van der Waals surface area contributed by atoms with Crippen molar-refractivity contribution in [3.8, 4) is 17.1 Å². The van der Waals surface area contributed by atoms with Crippen LogP contribution >= 0.6 is 23.4 Å². The second-order valence-corrected chi connectivity index (χ2v) is 7.52. The number of unbranched alkanes of at least 4 members (excludes halogenated alkanes) is 1. The van der Waals surface area contributed by atoms with E-state index in [4.69, 9.17) is 11.6 Å². The Hall–Kier alpha value is -2.51. The van der Waals surface area contributed by atoms with Crippen LogP contribution in [0.5, 0.6) is 5.75 Å². The fourth-order valence-electron chi connectivity index (χ4n) is 2.62. The van der Waals surface area contributed by atoms with E-state index in [0.717, 1.165) is 30.8 Å². The van der Waals surface area contributed by atoms with Gasteiger partial charge in [-0.3, -0.25) is 4.79 Å². The van der Waals surface area contributed by atoms with E-state index in [9.17, 15) is 9.90 Å². The molecule has 0 saturated carbocycles. The molecule has 1 heterocycles. The maximum absolute atomic E-state index is 12.3. The van der Waals surface area contributed by atoms with E-state index in [2.05, 4.69) is 22.4 Å². The highest BCUT2D eigenvalue weighted by molar-refractivity contribution is 7.99. The fourth-order valence-corrected chi connectivity index (χ4v) is 3.56. The number of benzene rings is 2. The zero-order chi connectivity index (χ0) is 19.9. The molecule has 8 heteroatoms. The maximum atomic E-state index is 12.3. The summed E-state index contributed by atoms with van der Waals surface area (Å²) < 4.78 is 2.02. The van der Waals surface area contributed by atoms with Gasteiger partial charge in [0.2, 0.25) is 5.91 Å². The molecule has 0 aliphatic carbocycles. The number of hydrogen-bond donors (Lipinski definition) is 2. The number of thioether (sulfide) groups is 1. The molecule has 2 N–H and O–H groups in total. The number of rotatable bonds is 8. The quantitative estimate of drug-likeness (QED) is 0.514. The lowest BCUT2D eigenvalue weighted by atomic mass is 10.2. The normalized spacial score (nSPS) is 10.8. The first-order valence-corrected chi connectivity index (χ1v) is 10.3. The van der Waals surface area contributed by atoms with Crippen LogP contribution in [0.15, 0.2) is 53.7 Å². The topological polar surface area (TPSA) is 80.0 Å². The van der Waals surface area contributed by atoms with Gasteiger partial charge in [0.25, 0.3) is 0 Å². The average Bonchev–Trinajstić information content (AvgIpc) is 3.10. The third kappa shape index (κ3) is 5.05. The molecule has 0 atom stereocenters. The van der Waals surface area contributed by atoms with E-state index >= 15 is 0 Å². The van der Waals surface area contributed by atoms with Crippen LogP contribution in [0.2, 0.25) is 5.02 Å². The smallest absolute Gasteiger partial charge is 0.234 e. The number of hydrogen-bond acceptors (Lipinski definition) is 5. The van der Waals surface area contributed by atoms with E-state index in [-0.39, 0.29) is 17.4 Å². The molecule has 3 rings (SSSR count). The molecule has 2 aromatic carbocycles. The fraction of sp³-hybridized carbons (Fsp3) is 0.250. The lowest BCUT2D eigenvalue weighted by molar-refractivity contribution is -0.113. The van der Waals surface area contributed by atoms with Crippen LogP contribution in [0.3, 0.4) is 0 Å². The molecule has 0 saturated heterocycles. The van der Waals surface area contributed by atoms with Gasteiger partial charge in [0, 0.05) is 12.1 Å². The summed E-state index contributed by atoms with van der Waals surface area (Å²) >= 11 is 7.42. The Morgan fingerprint density at radius 2 is 1.93 bits per heavy atom. The highest BCUT2D eigenvalue weighted by Crippen LogP contribution is 2.26. The first-order valence-electron chi connectivity index (χ1n) is 8.98. The Morgan fingerprint density at radius 3 is 2.64 bits per heavy atom. The van der Waals surface area contributed by atoms with Gasteiger partial charge in [0.1, 0.15) is 5.75 Å². The Labute approximate surface area is 172 Å². The van der Waals surface area contributed by atoms with Gasteiger partial charge in [-0.05, 0) is 42.8 Å². The predicted octanol–water partition coefficient (Wildman–Crippen LogP) is 4.84. The van der Waals surface area contributed by atoms with Crippen LogP contribution in [0.1, 0.15) is 19.8 Å². The molecule has 0 radical (unpaired) electrons. The summed E-state index contributed by atoms with van der Waals surface area (Å²) in [6.45, 7) is 2.88. The zero-order valence-electron chi connectivity index (χ0n) is 15.4. The number of phenolic OH excluding ortho intramolecular Hbond substituents is 1. The Bertz CT molecular complexity index is 944. The van der Waals surface area contributed by atoms with Crippen LogP contribution in [-0.4, -0.2) is 31.5 Å².